The Morgan fingerprint density at radius 2 is 1.65 bits per heavy atom. The molecule has 0 aromatic carbocycles. The van der Waals surface area contributed by atoms with E-state index in [9.17, 15) is 25.0 Å². The van der Waals surface area contributed by atoms with Crippen LogP contribution < -0.4 is 0 Å². The minimum Gasteiger partial charge on any atom is -0.367 e. The van der Waals surface area contributed by atoms with Gasteiger partial charge in [0.2, 0.25) is 0 Å². The van der Waals surface area contributed by atoms with Crippen LogP contribution in [0.3, 0.4) is 0 Å². The highest BCUT2D eigenvalue weighted by Gasteiger charge is 2.51. The van der Waals surface area contributed by atoms with Crippen molar-refractivity contribution in [2.75, 3.05) is 13.2 Å². The lowest BCUT2D eigenvalue weighted by Crippen LogP contribution is -2.59. The number of rotatable bonds is 8. The second-order valence-electron chi connectivity index (χ2n) is 7.52. The monoisotopic (exact) mass is 377 g/mol. The van der Waals surface area contributed by atoms with Crippen LogP contribution in [0, 0.1) is 32.1 Å². The molecule has 150 valence electrons. The van der Waals surface area contributed by atoms with Gasteiger partial charge in [0.25, 0.3) is 10.2 Å². The molecule has 1 rings (SSSR count). The fourth-order valence-corrected chi connectivity index (χ4v) is 3.59. The van der Waals surface area contributed by atoms with Crippen LogP contribution in [-0.2, 0) is 19.3 Å². The van der Waals surface area contributed by atoms with Crippen LogP contribution in [0.5, 0.6) is 0 Å². The lowest BCUT2D eigenvalue weighted by Gasteiger charge is -2.48. The Morgan fingerprint density at radius 1 is 1.12 bits per heavy atom. The minimum absolute atomic E-state index is 0.173. The molecule has 2 unspecified atom stereocenters. The van der Waals surface area contributed by atoms with Crippen molar-refractivity contribution in [1.82, 2.24) is 5.06 Å². The minimum atomic E-state index is -0.903. The maximum Gasteiger partial charge on any atom is 0.324 e. The SMILES string of the molecule is CCC(=O)ON1C(C)(C)CCC(CO[N+](=O)[O-])C(CO[N+](=O)[O-])C1(C)C. The largest absolute Gasteiger partial charge is 0.367 e. The molecule has 1 saturated heterocycles. The van der Waals surface area contributed by atoms with Gasteiger partial charge in [-0.25, -0.2) is 0 Å². The number of hydroxylamine groups is 2. The summed E-state index contributed by atoms with van der Waals surface area (Å²) in [6.45, 7) is 8.49. The Hall–Kier alpha value is -2.17. The predicted molar refractivity (Wildman–Crippen MR) is 88.5 cm³/mol. The van der Waals surface area contributed by atoms with Crippen molar-refractivity contribution in [2.24, 2.45) is 11.8 Å². The van der Waals surface area contributed by atoms with E-state index in [1.165, 1.54) is 0 Å². The average molecular weight is 377 g/mol. The Balaban J connectivity index is 3.22. The zero-order chi connectivity index (χ0) is 20.1. The summed E-state index contributed by atoms with van der Waals surface area (Å²) in [5.41, 5.74) is -1.46. The number of nitrogens with zero attached hydrogens (tertiary/aromatic N) is 3. The zero-order valence-electron chi connectivity index (χ0n) is 15.8. The van der Waals surface area contributed by atoms with Gasteiger partial charge in [-0.15, -0.1) is 25.3 Å². The summed E-state index contributed by atoms with van der Waals surface area (Å²) >= 11 is 0. The quantitative estimate of drug-likeness (QED) is 0.460. The number of carbonyl (C=O) groups excluding carboxylic acids is 1. The molecule has 1 aliphatic rings. The van der Waals surface area contributed by atoms with Crippen molar-refractivity contribution < 1.29 is 29.5 Å². The summed E-state index contributed by atoms with van der Waals surface area (Å²) in [5, 5.41) is 21.1. The molecular weight excluding hydrogens is 350 g/mol. The lowest BCUT2D eigenvalue weighted by atomic mass is 9.78. The van der Waals surface area contributed by atoms with Crippen LogP contribution in [0.1, 0.15) is 53.9 Å². The molecule has 0 spiro atoms. The first-order valence-electron chi connectivity index (χ1n) is 8.47. The molecule has 0 saturated carbocycles. The third kappa shape index (κ3) is 5.41. The molecule has 11 heteroatoms. The molecule has 0 amide bonds. The molecule has 1 fully saturated rings. The average Bonchev–Trinajstić information content (AvgIpc) is 2.58. The van der Waals surface area contributed by atoms with Crippen molar-refractivity contribution >= 4 is 5.97 Å². The maximum atomic E-state index is 11.9. The van der Waals surface area contributed by atoms with Gasteiger partial charge in [-0.2, -0.15) is 0 Å². The highest BCUT2D eigenvalue weighted by atomic mass is 17.0. The van der Waals surface area contributed by atoms with Gasteiger partial charge in [-0.1, -0.05) is 6.92 Å². The van der Waals surface area contributed by atoms with Crippen molar-refractivity contribution in [2.45, 2.75) is 65.0 Å². The molecule has 1 aliphatic heterocycles. The summed E-state index contributed by atoms with van der Waals surface area (Å²) < 4.78 is 0. The summed E-state index contributed by atoms with van der Waals surface area (Å²) in [6.07, 6.45) is 1.22. The van der Waals surface area contributed by atoms with Gasteiger partial charge in [0, 0.05) is 12.3 Å². The van der Waals surface area contributed by atoms with Crippen LogP contribution in [-0.4, -0.2) is 45.5 Å². The van der Waals surface area contributed by atoms with Gasteiger partial charge >= 0.3 is 5.97 Å². The second kappa shape index (κ2) is 8.47. The van der Waals surface area contributed by atoms with Crippen LogP contribution >= 0.6 is 0 Å². The number of hydrogen-bond acceptors (Lipinski definition) is 9. The fourth-order valence-electron chi connectivity index (χ4n) is 3.59. The standard InChI is InChI=1S/C15H27N3O8/c1-6-13(19)26-16-14(2,3)8-7-11(9-24-17(20)21)12(15(16,4)5)10-25-18(22)23/h11-12H,6-10H2,1-5H3. The van der Waals surface area contributed by atoms with E-state index in [-0.39, 0.29) is 25.6 Å². The second-order valence-corrected chi connectivity index (χ2v) is 7.52. The molecule has 0 aliphatic carbocycles. The van der Waals surface area contributed by atoms with E-state index in [4.69, 9.17) is 4.84 Å². The fraction of sp³-hybridized carbons (Fsp3) is 0.933. The summed E-state index contributed by atoms with van der Waals surface area (Å²) in [6, 6.07) is 0. The van der Waals surface area contributed by atoms with Gasteiger partial charge in [-0.05, 0) is 46.5 Å². The van der Waals surface area contributed by atoms with Crippen molar-refractivity contribution in [3.05, 3.63) is 20.2 Å². The highest BCUT2D eigenvalue weighted by molar-refractivity contribution is 5.68. The smallest absolute Gasteiger partial charge is 0.324 e. The van der Waals surface area contributed by atoms with Crippen molar-refractivity contribution in [1.29, 1.82) is 0 Å². The molecule has 0 bridgehead atoms. The first kappa shape index (κ1) is 21.9. The zero-order valence-corrected chi connectivity index (χ0v) is 15.8. The normalized spacial score (nSPS) is 25.0. The maximum absolute atomic E-state index is 11.9. The molecule has 1 heterocycles. The van der Waals surface area contributed by atoms with Gasteiger partial charge in [0.15, 0.2) is 0 Å². The van der Waals surface area contributed by atoms with Gasteiger partial charge < -0.3 is 14.5 Å². The van der Waals surface area contributed by atoms with Crippen molar-refractivity contribution in [3.8, 4) is 0 Å². The topological polar surface area (TPSA) is 134 Å². The van der Waals surface area contributed by atoms with Crippen LogP contribution in [0.4, 0.5) is 0 Å². The Morgan fingerprint density at radius 3 is 2.15 bits per heavy atom. The molecule has 2 atom stereocenters. The van der Waals surface area contributed by atoms with E-state index in [1.807, 2.05) is 13.8 Å². The molecule has 11 nitrogen and oxygen atoms in total. The molecule has 0 aromatic heterocycles. The molecule has 26 heavy (non-hydrogen) atoms. The third-order valence-corrected chi connectivity index (χ3v) is 4.91. The number of hydrogen-bond donors (Lipinski definition) is 0. The molecule has 0 radical (unpaired) electrons. The van der Waals surface area contributed by atoms with Gasteiger partial charge in [-0.3, -0.25) is 4.79 Å². The Kier molecular flexibility index (Phi) is 7.13. The summed E-state index contributed by atoms with van der Waals surface area (Å²) in [4.78, 5) is 47.9. The Bertz CT molecular complexity index is 537. The van der Waals surface area contributed by atoms with Gasteiger partial charge in [0.1, 0.15) is 6.61 Å². The van der Waals surface area contributed by atoms with E-state index in [0.717, 1.165) is 0 Å². The van der Waals surface area contributed by atoms with E-state index in [0.29, 0.717) is 12.8 Å². The first-order valence-corrected chi connectivity index (χ1v) is 8.47. The first-order chi connectivity index (χ1) is 11.9. The Labute approximate surface area is 151 Å². The van der Waals surface area contributed by atoms with E-state index in [1.54, 1.807) is 25.8 Å². The van der Waals surface area contributed by atoms with Gasteiger partial charge in [0.05, 0.1) is 17.7 Å². The summed E-state index contributed by atoms with van der Waals surface area (Å²) in [5.74, 6) is -1.36. The lowest BCUT2D eigenvalue weighted by molar-refractivity contribution is -0.764. The third-order valence-electron chi connectivity index (χ3n) is 4.91. The molecule has 0 aromatic rings. The van der Waals surface area contributed by atoms with Crippen LogP contribution in [0.2, 0.25) is 0 Å². The van der Waals surface area contributed by atoms with E-state index < -0.39 is 33.1 Å². The summed E-state index contributed by atoms with van der Waals surface area (Å²) in [7, 11) is 0. The predicted octanol–water partition coefficient (Wildman–Crippen LogP) is 2.16. The van der Waals surface area contributed by atoms with Crippen LogP contribution in [0.25, 0.3) is 0 Å². The van der Waals surface area contributed by atoms with Crippen molar-refractivity contribution in [3.63, 3.8) is 0 Å². The highest BCUT2D eigenvalue weighted by Crippen LogP contribution is 2.43. The molecular formula is C15H27N3O8. The van der Waals surface area contributed by atoms with Crippen LogP contribution in [0.15, 0.2) is 0 Å². The number of carbonyl (C=O) groups is 1. The molecule has 0 N–H and O–H groups in total. The van der Waals surface area contributed by atoms with E-state index in [2.05, 4.69) is 9.68 Å². The van der Waals surface area contributed by atoms with E-state index >= 15 is 0 Å².